The first-order valence-electron chi connectivity index (χ1n) is 9.90. The number of aryl methyl sites for hydroxylation is 1. The van der Waals surface area contributed by atoms with E-state index in [1.54, 1.807) is 31.2 Å². The van der Waals surface area contributed by atoms with Crippen LogP contribution in [0, 0.1) is 6.92 Å². The van der Waals surface area contributed by atoms with Crippen LogP contribution in [0.1, 0.15) is 62.8 Å². The number of hydrogen-bond acceptors (Lipinski definition) is 4. The van der Waals surface area contributed by atoms with E-state index in [-0.39, 0.29) is 22.8 Å². The lowest BCUT2D eigenvalue weighted by molar-refractivity contribution is -0.128. The number of carbonyl (C=O) groups excluding carboxylic acids is 1. The highest BCUT2D eigenvalue weighted by atomic mass is 32.2. The Kier molecular flexibility index (Phi) is 7.47. The van der Waals surface area contributed by atoms with Crippen LogP contribution in [0.25, 0.3) is 0 Å². The van der Waals surface area contributed by atoms with Crippen LogP contribution in [-0.2, 0) is 14.6 Å². The molecule has 6 heteroatoms. The summed E-state index contributed by atoms with van der Waals surface area (Å²) >= 11 is 0. The first-order valence-corrected chi connectivity index (χ1v) is 11.8. The Morgan fingerprint density at radius 2 is 1.69 bits per heavy atom. The molecule has 29 heavy (non-hydrogen) atoms. The molecule has 0 fully saturated rings. The molecular formula is C23H31NO4S. The number of amides is 1. The molecule has 0 bridgehead atoms. The number of nitrogens with one attached hydrogen (secondary N) is 1. The molecule has 0 radical (unpaired) electrons. The number of hydrogen-bond donors (Lipinski definition) is 1. The Bertz CT molecular complexity index is 949. The molecule has 2 atom stereocenters. The molecule has 0 aliphatic carbocycles. The molecule has 0 aliphatic rings. The number of rotatable bonds is 8. The molecule has 0 spiro atoms. The molecule has 1 N–H and O–H groups in total. The second kappa shape index (κ2) is 9.44. The van der Waals surface area contributed by atoms with E-state index in [9.17, 15) is 13.2 Å². The summed E-state index contributed by atoms with van der Waals surface area (Å²) in [5.41, 5.74) is 3.01. The van der Waals surface area contributed by atoms with Crippen LogP contribution < -0.4 is 10.1 Å². The van der Waals surface area contributed by atoms with Gasteiger partial charge in [-0.15, -0.1) is 0 Å². The first kappa shape index (κ1) is 22.9. The predicted molar refractivity (Wildman–Crippen MR) is 116 cm³/mol. The molecule has 1 amide bonds. The van der Waals surface area contributed by atoms with Gasteiger partial charge in [-0.25, -0.2) is 8.42 Å². The fraction of sp³-hybridized carbons (Fsp3) is 0.435. The van der Waals surface area contributed by atoms with Crippen molar-refractivity contribution in [3.63, 3.8) is 0 Å². The van der Waals surface area contributed by atoms with Crippen molar-refractivity contribution >= 4 is 15.7 Å². The Balaban J connectivity index is 2.12. The van der Waals surface area contributed by atoms with E-state index < -0.39 is 15.9 Å². The maximum Gasteiger partial charge on any atom is 0.261 e. The molecule has 0 aromatic heterocycles. The highest BCUT2D eigenvalue weighted by Gasteiger charge is 2.21. The van der Waals surface area contributed by atoms with E-state index in [0.29, 0.717) is 6.42 Å². The smallest absolute Gasteiger partial charge is 0.261 e. The molecule has 0 unspecified atom stereocenters. The van der Waals surface area contributed by atoms with Gasteiger partial charge in [0.15, 0.2) is 15.9 Å². The summed E-state index contributed by atoms with van der Waals surface area (Å²) in [5.74, 6) is 0.811. The SMILES string of the molecule is CC[C@H](NC(=O)[C@H](C)Oc1cc(C)ccc1C(C)C)c1ccc(S(C)(=O)=O)cc1. The van der Waals surface area contributed by atoms with Crippen LogP contribution in [-0.4, -0.2) is 26.7 Å². The van der Waals surface area contributed by atoms with Gasteiger partial charge in [0.25, 0.3) is 5.91 Å². The second-order valence-corrected chi connectivity index (χ2v) is 9.78. The predicted octanol–water partition coefficient (Wildman–Crippen LogP) is 4.56. The Morgan fingerprint density at radius 3 is 2.21 bits per heavy atom. The van der Waals surface area contributed by atoms with Crippen LogP contribution in [0.3, 0.4) is 0 Å². The van der Waals surface area contributed by atoms with Crippen molar-refractivity contribution in [1.29, 1.82) is 0 Å². The van der Waals surface area contributed by atoms with Crippen molar-refractivity contribution in [3.8, 4) is 5.75 Å². The third kappa shape index (κ3) is 6.07. The van der Waals surface area contributed by atoms with Crippen LogP contribution in [0.5, 0.6) is 5.75 Å². The maximum atomic E-state index is 12.8. The number of carbonyl (C=O) groups is 1. The maximum absolute atomic E-state index is 12.8. The minimum Gasteiger partial charge on any atom is -0.481 e. The largest absolute Gasteiger partial charge is 0.481 e. The van der Waals surface area contributed by atoms with Gasteiger partial charge in [-0.3, -0.25) is 4.79 Å². The fourth-order valence-corrected chi connectivity index (χ4v) is 3.75. The van der Waals surface area contributed by atoms with E-state index >= 15 is 0 Å². The van der Waals surface area contributed by atoms with Gasteiger partial charge < -0.3 is 10.1 Å². The molecular weight excluding hydrogens is 386 g/mol. The average Bonchev–Trinajstić information content (AvgIpc) is 2.65. The normalized spacial score (nSPS) is 13.8. The van der Waals surface area contributed by atoms with Gasteiger partial charge in [0.05, 0.1) is 10.9 Å². The fourth-order valence-electron chi connectivity index (χ4n) is 3.12. The van der Waals surface area contributed by atoms with Gasteiger partial charge in [0.2, 0.25) is 0 Å². The van der Waals surface area contributed by atoms with E-state index in [0.717, 1.165) is 22.4 Å². The number of ether oxygens (including phenoxy) is 1. The highest BCUT2D eigenvalue weighted by molar-refractivity contribution is 7.90. The molecule has 0 saturated heterocycles. The molecule has 158 valence electrons. The van der Waals surface area contributed by atoms with Crippen molar-refractivity contribution in [2.45, 2.75) is 64.0 Å². The van der Waals surface area contributed by atoms with Crippen molar-refractivity contribution < 1.29 is 17.9 Å². The second-order valence-electron chi connectivity index (χ2n) is 7.77. The summed E-state index contributed by atoms with van der Waals surface area (Å²) in [6.45, 7) is 9.89. The van der Waals surface area contributed by atoms with E-state index in [2.05, 4.69) is 19.2 Å². The van der Waals surface area contributed by atoms with Crippen LogP contribution in [0.2, 0.25) is 0 Å². The topological polar surface area (TPSA) is 72.5 Å². The molecule has 5 nitrogen and oxygen atoms in total. The number of benzene rings is 2. The summed E-state index contributed by atoms with van der Waals surface area (Å²) in [5, 5.41) is 3.01. The Labute approximate surface area is 174 Å². The van der Waals surface area contributed by atoms with Gasteiger partial charge in [-0.2, -0.15) is 0 Å². The van der Waals surface area contributed by atoms with Gasteiger partial charge in [0.1, 0.15) is 5.75 Å². The summed E-state index contributed by atoms with van der Waals surface area (Å²) in [4.78, 5) is 13.0. The zero-order valence-electron chi connectivity index (χ0n) is 18.0. The molecule has 0 saturated carbocycles. The van der Waals surface area contributed by atoms with Crippen LogP contribution in [0.15, 0.2) is 47.4 Å². The monoisotopic (exact) mass is 417 g/mol. The van der Waals surface area contributed by atoms with Gasteiger partial charge >= 0.3 is 0 Å². The lowest BCUT2D eigenvalue weighted by Crippen LogP contribution is -2.38. The van der Waals surface area contributed by atoms with Crippen LogP contribution >= 0.6 is 0 Å². The zero-order valence-corrected chi connectivity index (χ0v) is 18.8. The van der Waals surface area contributed by atoms with Gasteiger partial charge in [-0.1, -0.05) is 45.0 Å². The standard InChI is InChI=1S/C23H31NO4S/c1-7-21(18-9-11-19(12-10-18)29(6,26)27)24-23(25)17(5)28-22-14-16(4)8-13-20(22)15(2)3/h8-15,17,21H,7H2,1-6H3,(H,24,25)/t17-,21-/m0/s1. The quantitative estimate of drug-likeness (QED) is 0.684. The third-order valence-corrected chi connectivity index (χ3v) is 6.03. The van der Waals surface area contributed by atoms with E-state index in [4.69, 9.17) is 4.74 Å². The van der Waals surface area contributed by atoms with Gasteiger partial charge in [-0.05, 0) is 61.1 Å². The minimum absolute atomic E-state index is 0.208. The highest BCUT2D eigenvalue weighted by Crippen LogP contribution is 2.28. The molecule has 2 aromatic carbocycles. The third-order valence-electron chi connectivity index (χ3n) is 4.90. The van der Waals surface area contributed by atoms with E-state index in [1.807, 2.05) is 32.0 Å². The van der Waals surface area contributed by atoms with Crippen molar-refractivity contribution in [1.82, 2.24) is 5.32 Å². The summed E-state index contributed by atoms with van der Waals surface area (Å²) in [7, 11) is -3.25. The molecule has 0 aliphatic heterocycles. The summed E-state index contributed by atoms with van der Waals surface area (Å²) in [6, 6.07) is 12.5. The summed E-state index contributed by atoms with van der Waals surface area (Å²) in [6.07, 6.45) is 1.20. The Hall–Kier alpha value is -2.34. The summed E-state index contributed by atoms with van der Waals surface area (Å²) < 4.78 is 29.3. The lowest BCUT2D eigenvalue weighted by atomic mass is 10.0. The minimum atomic E-state index is -3.25. The number of sulfone groups is 1. The Morgan fingerprint density at radius 1 is 1.07 bits per heavy atom. The molecule has 2 rings (SSSR count). The zero-order chi connectivity index (χ0) is 21.8. The average molecular weight is 418 g/mol. The molecule has 2 aromatic rings. The van der Waals surface area contributed by atoms with Crippen molar-refractivity contribution in [2.75, 3.05) is 6.26 Å². The lowest BCUT2D eigenvalue weighted by Gasteiger charge is -2.23. The van der Waals surface area contributed by atoms with Crippen molar-refractivity contribution in [2.24, 2.45) is 0 Å². The molecule has 0 heterocycles. The van der Waals surface area contributed by atoms with E-state index in [1.165, 1.54) is 6.26 Å². The van der Waals surface area contributed by atoms with Gasteiger partial charge in [0, 0.05) is 6.26 Å². The van der Waals surface area contributed by atoms with Crippen LogP contribution in [0.4, 0.5) is 0 Å². The van der Waals surface area contributed by atoms with Crippen molar-refractivity contribution in [3.05, 3.63) is 59.2 Å². The first-order chi connectivity index (χ1) is 13.5.